The number of nitrogens with one attached hydrogen (secondary N) is 1. The van der Waals surface area contributed by atoms with E-state index < -0.39 is 10.0 Å². The molecule has 1 aromatic carbocycles. The lowest BCUT2D eigenvalue weighted by atomic mass is 9.79. The molecular weight excluding hydrogens is 574 g/mol. The van der Waals surface area contributed by atoms with Gasteiger partial charge in [0.1, 0.15) is 0 Å². The van der Waals surface area contributed by atoms with Crippen molar-refractivity contribution < 1.29 is 17.9 Å². The van der Waals surface area contributed by atoms with Crippen LogP contribution in [0, 0.1) is 23.7 Å². The van der Waals surface area contributed by atoms with E-state index in [0.717, 1.165) is 30.2 Å². The quantitative estimate of drug-likeness (QED) is 0.0896. The Bertz CT molecular complexity index is 978. The standard InChI is InChI=1S/C32H50BrNO4S/c1-2-3-4-5-6-7-8-9-10-14-23-38-32(35)16-13-11-12-15-30-26-17-18-27(24-26)31(30)25-34-39(36,37)29-21-19-28(33)20-22-29/h12,15,19-22,26-27,30-31,34H,2-11,13-14,16-18,23-25H2,1H3/b15-12-. The number of ether oxygens (including phenoxy) is 1. The molecule has 0 aromatic heterocycles. The molecule has 2 aliphatic carbocycles. The first-order valence-corrected chi connectivity index (χ1v) is 17.8. The van der Waals surface area contributed by atoms with Crippen molar-refractivity contribution in [3.8, 4) is 0 Å². The third-order valence-corrected chi connectivity index (χ3v) is 10.6. The average molecular weight is 625 g/mol. The van der Waals surface area contributed by atoms with Gasteiger partial charge in [0.15, 0.2) is 0 Å². The molecule has 2 fully saturated rings. The Morgan fingerprint density at radius 2 is 1.59 bits per heavy atom. The second-order valence-corrected chi connectivity index (χ2v) is 14.3. The lowest BCUT2D eigenvalue weighted by Gasteiger charge is -2.29. The monoisotopic (exact) mass is 623 g/mol. The fourth-order valence-electron chi connectivity index (χ4n) is 6.43. The van der Waals surface area contributed by atoms with Gasteiger partial charge in [0.2, 0.25) is 10.0 Å². The Morgan fingerprint density at radius 3 is 2.28 bits per heavy atom. The lowest BCUT2D eigenvalue weighted by Crippen LogP contribution is -2.35. The molecule has 39 heavy (non-hydrogen) atoms. The van der Waals surface area contributed by atoms with Gasteiger partial charge in [-0.15, -0.1) is 0 Å². The summed E-state index contributed by atoms with van der Waals surface area (Å²) >= 11 is 3.36. The minimum Gasteiger partial charge on any atom is -0.466 e. The van der Waals surface area contributed by atoms with E-state index >= 15 is 0 Å². The number of benzene rings is 1. The number of hydrogen-bond donors (Lipinski definition) is 1. The highest BCUT2D eigenvalue weighted by Crippen LogP contribution is 2.52. The number of sulfonamides is 1. The van der Waals surface area contributed by atoms with Crippen LogP contribution in [0.4, 0.5) is 0 Å². The number of allylic oxidation sites excluding steroid dienone is 2. The summed E-state index contributed by atoms with van der Waals surface area (Å²) in [5.74, 6) is 1.92. The largest absolute Gasteiger partial charge is 0.466 e. The predicted octanol–water partition coefficient (Wildman–Crippen LogP) is 8.58. The maximum Gasteiger partial charge on any atom is 0.305 e. The molecule has 0 saturated heterocycles. The van der Waals surface area contributed by atoms with E-state index in [2.05, 4.69) is 39.7 Å². The van der Waals surface area contributed by atoms with Crippen molar-refractivity contribution in [3.63, 3.8) is 0 Å². The highest BCUT2D eigenvalue weighted by Gasteiger charge is 2.46. The fraction of sp³-hybridized carbons (Fsp3) is 0.719. The topological polar surface area (TPSA) is 72.5 Å². The fourth-order valence-corrected chi connectivity index (χ4v) is 7.76. The minimum absolute atomic E-state index is 0.0838. The molecular formula is C32H50BrNO4S. The third-order valence-electron chi connectivity index (χ3n) is 8.66. The predicted molar refractivity (Wildman–Crippen MR) is 163 cm³/mol. The van der Waals surface area contributed by atoms with Crippen LogP contribution in [0.5, 0.6) is 0 Å². The molecule has 0 heterocycles. The van der Waals surface area contributed by atoms with Crippen LogP contribution >= 0.6 is 15.9 Å². The summed E-state index contributed by atoms with van der Waals surface area (Å²) in [7, 11) is -3.51. The first kappa shape index (κ1) is 32.3. The Balaban J connectivity index is 1.27. The van der Waals surface area contributed by atoms with Gasteiger partial charge in [-0.2, -0.15) is 0 Å². The zero-order valence-electron chi connectivity index (χ0n) is 23.9. The summed E-state index contributed by atoms with van der Waals surface area (Å²) in [6.07, 6.45) is 23.0. The minimum atomic E-state index is -3.51. The Morgan fingerprint density at radius 1 is 0.949 bits per heavy atom. The van der Waals surface area contributed by atoms with E-state index in [9.17, 15) is 13.2 Å². The van der Waals surface area contributed by atoms with Crippen molar-refractivity contribution in [2.24, 2.45) is 23.7 Å². The molecule has 5 nitrogen and oxygen atoms in total. The molecule has 4 unspecified atom stereocenters. The van der Waals surface area contributed by atoms with E-state index in [0.29, 0.717) is 48.1 Å². The molecule has 2 bridgehead atoms. The number of unbranched alkanes of at least 4 members (excludes halogenated alkanes) is 10. The van der Waals surface area contributed by atoms with Gasteiger partial charge in [0.05, 0.1) is 11.5 Å². The van der Waals surface area contributed by atoms with Crippen LogP contribution < -0.4 is 4.72 Å². The number of carbonyl (C=O) groups excluding carboxylic acids is 1. The molecule has 1 aromatic rings. The normalized spacial score (nSPS) is 22.6. The lowest BCUT2D eigenvalue weighted by molar-refractivity contribution is -0.143. The number of fused-ring (bicyclic) bond motifs is 2. The van der Waals surface area contributed by atoms with Gasteiger partial charge in [0.25, 0.3) is 0 Å². The molecule has 3 rings (SSSR count). The molecule has 2 aliphatic rings. The number of carbonyl (C=O) groups is 1. The van der Waals surface area contributed by atoms with Crippen molar-refractivity contribution in [3.05, 3.63) is 40.9 Å². The van der Waals surface area contributed by atoms with E-state index in [4.69, 9.17) is 4.74 Å². The highest BCUT2D eigenvalue weighted by atomic mass is 79.9. The summed E-state index contributed by atoms with van der Waals surface area (Å²) in [4.78, 5) is 12.4. The Hall–Kier alpha value is -1.18. The Kier molecular flexibility index (Phi) is 14.6. The van der Waals surface area contributed by atoms with E-state index in [-0.39, 0.29) is 5.97 Å². The second kappa shape index (κ2) is 17.6. The molecule has 0 spiro atoms. The summed E-state index contributed by atoms with van der Waals surface area (Å²) in [6.45, 7) is 3.29. The molecule has 0 aliphatic heterocycles. The van der Waals surface area contributed by atoms with Gasteiger partial charge in [-0.1, -0.05) is 92.8 Å². The van der Waals surface area contributed by atoms with E-state index in [1.807, 2.05) is 0 Å². The van der Waals surface area contributed by atoms with E-state index in [1.165, 1.54) is 70.6 Å². The zero-order chi connectivity index (χ0) is 27.9. The summed E-state index contributed by atoms with van der Waals surface area (Å²) in [5.41, 5.74) is 0. The van der Waals surface area contributed by atoms with Crippen molar-refractivity contribution >= 4 is 31.9 Å². The van der Waals surface area contributed by atoms with Crippen molar-refractivity contribution in [1.82, 2.24) is 4.72 Å². The molecule has 1 N–H and O–H groups in total. The molecule has 4 atom stereocenters. The van der Waals surface area contributed by atoms with Crippen LogP contribution in [0.2, 0.25) is 0 Å². The molecule has 0 radical (unpaired) electrons. The highest BCUT2D eigenvalue weighted by molar-refractivity contribution is 9.10. The maximum absolute atomic E-state index is 12.8. The second-order valence-electron chi connectivity index (χ2n) is 11.6. The van der Waals surface area contributed by atoms with Crippen LogP contribution in [0.25, 0.3) is 0 Å². The van der Waals surface area contributed by atoms with Crippen molar-refractivity contribution in [1.29, 1.82) is 0 Å². The molecule has 220 valence electrons. The van der Waals surface area contributed by atoms with Crippen LogP contribution in [0.1, 0.15) is 110 Å². The van der Waals surface area contributed by atoms with Crippen LogP contribution in [-0.4, -0.2) is 27.5 Å². The van der Waals surface area contributed by atoms with Gasteiger partial charge in [-0.3, -0.25) is 4.79 Å². The number of rotatable bonds is 20. The number of esters is 1. The molecule has 0 amide bonds. The van der Waals surface area contributed by atoms with Crippen molar-refractivity contribution in [2.45, 2.75) is 115 Å². The number of hydrogen-bond acceptors (Lipinski definition) is 4. The maximum atomic E-state index is 12.8. The molecule has 2 saturated carbocycles. The van der Waals surface area contributed by atoms with Gasteiger partial charge in [-0.25, -0.2) is 13.1 Å². The summed E-state index contributed by atoms with van der Waals surface area (Å²) in [6, 6.07) is 6.77. The smallest absolute Gasteiger partial charge is 0.305 e. The summed E-state index contributed by atoms with van der Waals surface area (Å²) in [5, 5.41) is 0. The number of halogens is 1. The Labute approximate surface area is 246 Å². The first-order chi connectivity index (χ1) is 18.9. The average Bonchev–Trinajstić information content (AvgIpc) is 3.53. The van der Waals surface area contributed by atoms with Crippen LogP contribution in [-0.2, 0) is 19.6 Å². The van der Waals surface area contributed by atoms with Gasteiger partial charge < -0.3 is 4.74 Å². The summed E-state index contributed by atoms with van der Waals surface area (Å²) < 4.78 is 34.7. The van der Waals surface area contributed by atoms with Crippen LogP contribution in [0.15, 0.2) is 45.8 Å². The third kappa shape index (κ3) is 11.3. The van der Waals surface area contributed by atoms with Gasteiger partial charge >= 0.3 is 5.97 Å². The van der Waals surface area contributed by atoms with E-state index in [1.54, 1.807) is 24.3 Å². The van der Waals surface area contributed by atoms with Gasteiger partial charge in [-0.05, 0) is 86.5 Å². The zero-order valence-corrected chi connectivity index (χ0v) is 26.3. The SMILES string of the molecule is CCCCCCCCCCCCOC(=O)CCC/C=C\C1C2CCC(C2)C1CNS(=O)(=O)c1ccc(Br)cc1. The molecule has 7 heteroatoms. The first-order valence-electron chi connectivity index (χ1n) is 15.5. The van der Waals surface area contributed by atoms with Crippen molar-refractivity contribution in [2.75, 3.05) is 13.2 Å². The van der Waals surface area contributed by atoms with Crippen LogP contribution in [0.3, 0.4) is 0 Å². The van der Waals surface area contributed by atoms with Gasteiger partial charge in [0, 0.05) is 17.4 Å².